The molecule has 2 nitrogen and oxygen atoms in total. The van der Waals surface area contributed by atoms with Crippen LogP contribution < -0.4 is 0 Å². The Balaban J connectivity index is 3.49. The van der Waals surface area contributed by atoms with Gasteiger partial charge in [0, 0.05) is 12.5 Å². The van der Waals surface area contributed by atoms with Crippen LogP contribution in [0.5, 0.6) is 0 Å². The van der Waals surface area contributed by atoms with Crippen molar-refractivity contribution in [3.63, 3.8) is 0 Å². The molecule has 0 aliphatic heterocycles. The SMILES string of the molecule is CCCCCC#C/C=C/C(=O)OC. The molecule has 0 bridgehead atoms. The first-order valence-corrected chi connectivity index (χ1v) is 4.54. The van der Waals surface area contributed by atoms with E-state index in [2.05, 4.69) is 23.5 Å². The zero-order valence-corrected chi connectivity index (χ0v) is 8.30. The topological polar surface area (TPSA) is 26.3 Å². The molecule has 13 heavy (non-hydrogen) atoms. The maximum Gasteiger partial charge on any atom is 0.331 e. The number of unbranched alkanes of at least 4 members (excludes halogenated alkanes) is 3. The van der Waals surface area contributed by atoms with Crippen LogP contribution >= 0.6 is 0 Å². The molecule has 0 aliphatic rings. The lowest BCUT2D eigenvalue weighted by molar-refractivity contribution is -0.134. The fourth-order valence-electron chi connectivity index (χ4n) is 0.772. The van der Waals surface area contributed by atoms with Crippen LogP contribution in [-0.4, -0.2) is 13.1 Å². The fraction of sp³-hybridized carbons (Fsp3) is 0.545. The third kappa shape index (κ3) is 8.68. The molecule has 0 atom stereocenters. The highest BCUT2D eigenvalue weighted by Gasteiger charge is 1.86. The van der Waals surface area contributed by atoms with Gasteiger partial charge in [-0.3, -0.25) is 0 Å². The lowest BCUT2D eigenvalue weighted by Gasteiger charge is -1.87. The highest BCUT2D eigenvalue weighted by molar-refractivity contribution is 5.82. The van der Waals surface area contributed by atoms with Crippen LogP contribution in [0.15, 0.2) is 12.2 Å². The number of allylic oxidation sites excluding steroid dienone is 1. The Morgan fingerprint density at radius 1 is 1.46 bits per heavy atom. The predicted octanol–water partition coefficient (Wildman–Crippen LogP) is 2.30. The quantitative estimate of drug-likeness (QED) is 0.287. The van der Waals surface area contributed by atoms with E-state index in [1.165, 1.54) is 32.1 Å². The van der Waals surface area contributed by atoms with E-state index >= 15 is 0 Å². The monoisotopic (exact) mass is 180 g/mol. The van der Waals surface area contributed by atoms with Crippen molar-refractivity contribution < 1.29 is 9.53 Å². The van der Waals surface area contributed by atoms with Crippen molar-refractivity contribution in [2.24, 2.45) is 0 Å². The number of carbonyl (C=O) groups is 1. The van der Waals surface area contributed by atoms with Gasteiger partial charge in [0.05, 0.1) is 7.11 Å². The molecule has 0 fully saturated rings. The lowest BCUT2D eigenvalue weighted by Crippen LogP contribution is -1.92. The smallest absolute Gasteiger partial charge is 0.331 e. The molecule has 72 valence electrons. The summed E-state index contributed by atoms with van der Waals surface area (Å²) in [6, 6.07) is 0. The third-order valence-electron chi connectivity index (χ3n) is 1.51. The summed E-state index contributed by atoms with van der Waals surface area (Å²) in [5.41, 5.74) is 0. The van der Waals surface area contributed by atoms with Gasteiger partial charge in [-0.2, -0.15) is 0 Å². The van der Waals surface area contributed by atoms with E-state index in [0.717, 1.165) is 12.8 Å². The molecule has 0 radical (unpaired) electrons. The molecule has 0 aromatic rings. The molecule has 2 heteroatoms. The number of ether oxygens (including phenoxy) is 1. The first-order valence-electron chi connectivity index (χ1n) is 4.54. The molecular weight excluding hydrogens is 164 g/mol. The van der Waals surface area contributed by atoms with Gasteiger partial charge in [-0.1, -0.05) is 31.6 Å². The second-order valence-electron chi connectivity index (χ2n) is 2.63. The lowest BCUT2D eigenvalue weighted by atomic mass is 10.2. The minimum atomic E-state index is -0.358. The largest absolute Gasteiger partial charge is 0.466 e. The zero-order chi connectivity index (χ0) is 9.94. The van der Waals surface area contributed by atoms with Crippen LogP contribution in [0.25, 0.3) is 0 Å². The van der Waals surface area contributed by atoms with E-state index in [-0.39, 0.29) is 5.97 Å². The third-order valence-corrected chi connectivity index (χ3v) is 1.51. The van der Waals surface area contributed by atoms with Gasteiger partial charge in [0.25, 0.3) is 0 Å². The normalized spacial score (nSPS) is 9.38. The molecule has 0 saturated carbocycles. The Labute approximate surface area is 80.0 Å². The van der Waals surface area contributed by atoms with Gasteiger partial charge in [-0.05, 0) is 12.5 Å². The first kappa shape index (κ1) is 11.8. The number of hydrogen-bond acceptors (Lipinski definition) is 2. The van der Waals surface area contributed by atoms with Crippen LogP contribution in [0.1, 0.15) is 32.6 Å². The van der Waals surface area contributed by atoms with Crippen molar-refractivity contribution in [3.05, 3.63) is 12.2 Å². The van der Waals surface area contributed by atoms with Gasteiger partial charge in [-0.15, -0.1) is 0 Å². The number of esters is 1. The van der Waals surface area contributed by atoms with Gasteiger partial charge in [0.1, 0.15) is 0 Å². The van der Waals surface area contributed by atoms with Gasteiger partial charge >= 0.3 is 5.97 Å². The van der Waals surface area contributed by atoms with E-state index in [9.17, 15) is 4.79 Å². The summed E-state index contributed by atoms with van der Waals surface area (Å²) in [4.78, 5) is 10.6. The first-order chi connectivity index (χ1) is 6.31. The highest BCUT2D eigenvalue weighted by Crippen LogP contribution is 1.96. The summed E-state index contributed by atoms with van der Waals surface area (Å²) >= 11 is 0. The Bertz CT molecular complexity index is 218. The standard InChI is InChI=1S/C11H16O2/c1-3-4-5-6-7-8-9-10-11(12)13-2/h9-10H,3-6H2,1-2H3/b10-9+. The molecule has 0 aromatic carbocycles. The van der Waals surface area contributed by atoms with Gasteiger partial charge in [-0.25, -0.2) is 4.79 Å². The van der Waals surface area contributed by atoms with Crippen molar-refractivity contribution in [2.45, 2.75) is 32.6 Å². The minimum Gasteiger partial charge on any atom is -0.466 e. The zero-order valence-electron chi connectivity index (χ0n) is 8.30. The average Bonchev–Trinajstić information content (AvgIpc) is 2.16. The summed E-state index contributed by atoms with van der Waals surface area (Å²) in [6.07, 6.45) is 7.31. The molecule has 0 saturated heterocycles. The van der Waals surface area contributed by atoms with Crippen molar-refractivity contribution >= 4 is 5.97 Å². The van der Waals surface area contributed by atoms with E-state index in [1.54, 1.807) is 0 Å². The number of rotatable bonds is 4. The Morgan fingerprint density at radius 3 is 2.85 bits per heavy atom. The molecule has 0 N–H and O–H groups in total. The summed E-state index contributed by atoms with van der Waals surface area (Å²) in [7, 11) is 1.35. The average molecular weight is 180 g/mol. The molecule has 0 amide bonds. The van der Waals surface area contributed by atoms with Gasteiger partial charge in [0.15, 0.2) is 0 Å². The number of methoxy groups -OCH3 is 1. The van der Waals surface area contributed by atoms with Crippen molar-refractivity contribution in [3.8, 4) is 11.8 Å². The van der Waals surface area contributed by atoms with Crippen LogP contribution in [0.4, 0.5) is 0 Å². The molecule has 0 heterocycles. The van der Waals surface area contributed by atoms with Crippen LogP contribution in [0, 0.1) is 11.8 Å². The van der Waals surface area contributed by atoms with Crippen molar-refractivity contribution in [1.82, 2.24) is 0 Å². The maximum absolute atomic E-state index is 10.6. The molecule has 0 aromatic heterocycles. The Hall–Kier alpha value is -1.23. The van der Waals surface area contributed by atoms with Gasteiger partial charge in [0.2, 0.25) is 0 Å². The molecule has 0 spiro atoms. The van der Waals surface area contributed by atoms with Crippen LogP contribution in [-0.2, 0) is 9.53 Å². The van der Waals surface area contributed by atoms with Crippen molar-refractivity contribution in [1.29, 1.82) is 0 Å². The second-order valence-corrected chi connectivity index (χ2v) is 2.63. The van der Waals surface area contributed by atoms with Crippen LogP contribution in [0.2, 0.25) is 0 Å². The van der Waals surface area contributed by atoms with E-state index in [1.807, 2.05) is 0 Å². The highest BCUT2D eigenvalue weighted by atomic mass is 16.5. The fourth-order valence-corrected chi connectivity index (χ4v) is 0.772. The van der Waals surface area contributed by atoms with E-state index < -0.39 is 0 Å². The second kappa shape index (κ2) is 8.86. The molecule has 0 unspecified atom stereocenters. The predicted molar refractivity (Wildman–Crippen MR) is 53.1 cm³/mol. The minimum absolute atomic E-state index is 0.358. The summed E-state index contributed by atoms with van der Waals surface area (Å²) < 4.78 is 4.40. The number of carbonyl (C=O) groups excluding carboxylic acids is 1. The number of hydrogen-bond donors (Lipinski definition) is 0. The molecule has 0 aliphatic carbocycles. The summed E-state index contributed by atoms with van der Waals surface area (Å²) in [5.74, 6) is 5.37. The Kier molecular flexibility index (Phi) is 8.02. The Morgan fingerprint density at radius 2 is 2.23 bits per heavy atom. The molecule has 0 rings (SSSR count). The van der Waals surface area contributed by atoms with Gasteiger partial charge < -0.3 is 4.74 Å². The van der Waals surface area contributed by atoms with E-state index in [4.69, 9.17) is 0 Å². The summed E-state index contributed by atoms with van der Waals surface area (Å²) in [6.45, 7) is 2.16. The summed E-state index contributed by atoms with van der Waals surface area (Å²) in [5, 5.41) is 0. The van der Waals surface area contributed by atoms with Crippen molar-refractivity contribution in [2.75, 3.05) is 7.11 Å². The van der Waals surface area contributed by atoms with Crippen LogP contribution in [0.3, 0.4) is 0 Å². The molecular formula is C11H16O2. The van der Waals surface area contributed by atoms with E-state index in [0.29, 0.717) is 0 Å². The maximum atomic E-state index is 10.6.